The molecule has 3 aromatic rings. The van der Waals surface area contributed by atoms with Gasteiger partial charge in [0.2, 0.25) is 5.91 Å². The van der Waals surface area contributed by atoms with E-state index in [0.29, 0.717) is 11.6 Å². The maximum absolute atomic E-state index is 12.6. The van der Waals surface area contributed by atoms with E-state index < -0.39 is 0 Å². The van der Waals surface area contributed by atoms with Crippen molar-refractivity contribution in [3.63, 3.8) is 0 Å². The van der Waals surface area contributed by atoms with Gasteiger partial charge in [-0.1, -0.05) is 72.3 Å². The average Bonchev–Trinajstić information content (AvgIpc) is 2.74. The zero-order valence-electron chi connectivity index (χ0n) is 16.0. The van der Waals surface area contributed by atoms with Crippen molar-refractivity contribution in [2.45, 2.75) is 25.9 Å². The van der Waals surface area contributed by atoms with Crippen LogP contribution in [0.1, 0.15) is 24.0 Å². The molecule has 28 heavy (non-hydrogen) atoms. The van der Waals surface area contributed by atoms with E-state index in [2.05, 4.69) is 47.8 Å². The molecule has 0 atom stereocenters. The van der Waals surface area contributed by atoms with Gasteiger partial charge in [0.1, 0.15) is 6.54 Å². The lowest BCUT2D eigenvalue weighted by atomic mass is 9.95. The predicted molar refractivity (Wildman–Crippen MR) is 114 cm³/mol. The fraction of sp³-hybridized carbons (Fsp3) is 0.292. The molecule has 144 valence electrons. The van der Waals surface area contributed by atoms with Crippen LogP contribution in [0.5, 0.6) is 0 Å². The van der Waals surface area contributed by atoms with Gasteiger partial charge in [0.05, 0.1) is 13.1 Å². The Labute approximate surface area is 171 Å². The molecule has 1 aliphatic rings. The number of carbonyl (C=O) groups is 1. The topological polar surface area (TPSA) is 33.5 Å². The first-order chi connectivity index (χ1) is 13.7. The largest absolute Gasteiger partial charge is 0.352 e. The van der Waals surface area contributed by atoms with Crippen LogP contribution in [0.3, 0.4) is 0 Å². The van der Waals surface area contributed by atoms with Crippen molar-refractivity contribution in [1.82, 2.24) is 5.32 Å². The summed E-state index contributed by atoms with van der Waals surface area (Å²) in [6.45, 7) is 3.59. The number of likely N-dealkylation sites (tertiary alicyclic amines) is 1. The van der Waals surface area contributed by atoms with E-state index in [1.807, 2.05) is 24.3 Å². The van der Waals surface area contributed by atoms with E-state index in [-0.39, 0.29) is 11.8 Å². The Balaban J connectivity index is 1.30. The monoisotopic (exact) mass is 393 g/mol. The van der Waals surface area contributed by atoms with E-state index in [1.165, 1.54) is 16.3 Å². The highest BCUT2D eigenvalue weighted by Crippen LogP contribution is 2.19. The van der Waals surface area contributed by atoms with Gasteiger partial charge >= 0.3 is 0 Å². The average molecular weight is 394 g/mol. The Hall–Kier alpha value is -2.36. The molecule has 0 unspecified atom stereocenters. The molecule has 0 aliphatic carbocycles. The summed E-state index contributed by atoms with van der Waals surface area (Å²) >= 11 is 6.18. The van der Waals surface area contributed by atoms with E-state index in [4.69, 9.17) is 11.6 Å². The summed E-state index contributed by atoms with van der Waals surface area (Å²) < 4.78 is 0. The number of halogens is 1. The van der Waals surface area contributed by atoms with Gasteiger partial charge < -0.3 is 10.2 Å². The van der Waals surface area contributed by atoms with Gasteiger partial charge in [-0.25, -0.2) is 0 Å². The summed E-state index contributed by atoms with van der Waals surface area (Å²) in [6.07, 6.45) is 1.88. The number of carbonyl (C=O) groups excluding carboxylic acids is 1. The van der Waals surface area contributed by atoms with Crippen LogP contribution in [-0.4, -0.2) is 19.0 Å². The summed E-state index contributed by atoms with van der Waals surface area (Å²) in [4.78, 5) is 14.1. The van der Waals surface area contributed by atoms with E-state index in [9.17, 15) is 4.79 Å². The van der Waals surface area contributed by atoms with Crippen LogP contribution in [0.25, 0.3) is 10.8 Å². The van der Waals surface area contributed by atoms with Crippen molar-refractivity contribution >= 4 is 28.3 Å². The summed E-state index contributed by atoms with van der Waals surface area (Å²) in [6, 6.07) is 22.8. The van der Waals surface area contributed by atoms with Crippen LogP contribution in [0.2, 0.25) is 5.02 Å². The standard InChI is InChI=1S/C24H25ClN2O/c25-23-11-4-2-7-20(23)16-26-24(28)19-12-14-27(15-13-19)17-21-9-5-8-18-6-1-3-10-22(18)21/h1-11,19H,12-17H2,(H,26,28)/p+1. The number of quaternary nitrogens is 1. The Kier molecular flexibility index (Phi) is 5.94. The lowest BCUT2D eigenvalue weighted by Gasteiger charge is -2.29. The lowest BCUT2D eigenvalue weighted by Crippen LogP contribution is -3.11. The molecular formula is C24H26ClN2O+. The molecule has 1 fully saturated rings. The van der Waals surface area contributed by atoms with Crippen molar-refractivity contribution < 1.29 is 9.69 Å². The third-order valence-corrected chi connectivity index (χ3v) is 6.16. The van der Waals surface area contributed by atoms with E-state index in [0.717, 1.165) is 38.0 Å². The molecule has 2 N–H and O–H groups in total. The van der Waals surface area contributed by atoms with Gasteiger partial charge in [-0.05, 0) is 22.4 Å². The fourth-order valence-electron chi connectivity index (χ4n) is 4.15. The number of piperidine rings is 1. The molecule has 3 aromatic carbocycles. The zero-order valence-corrected chi connectivity index (χ0v) is 16.7. The third kappa shape index (κ3) is 4.37. The molecule has 0 spiro atoms. The van der Waals surface area contributed by atoms with Crippen LogP contribution in [-0.2, 0) is 17.9 Å². The van der Waals surface area contributed by atoms with Crippen molar-refractivity contribution in [3.05, 3.63) is 82.9 Å². The molecule has 4 heteroatoms. The minimum absolute atomic E-state index is 0.110. The highest BCUT2D eigenvalue weighted by Gasteiger charge is 2.27. The Morgan fingerprint density at radius 3 is 2.43 bits per heavy atom. The summed E-state index contributed by atoms with van der Waals surface area (Å²) in [5.74, 6) is 0.267. The van der Waals surface area contributed by atoms with Crippen molar-refractivity contribution in [3.8, 4) is 0 Å². The predicted octanol–water partition coefficient (Wildman–Crippen LogP) is 3.60. The molecular weight excluding hydrogens is 368 g/mol. The van der Waals surface area contributed by atoms with Gasteiger partial charge in [-0.2, -0.15) is 0 Å². The number of benzene rings is 3. The van der Waals surface area contributed by atoms with Crippen LogP contribution in [0.4, 0.5) is 0 Å². The van der Waals surface area contributed by atoms with Gasteiger partial charge in [-0.15, -0.1) is 0 Å². The van der Waals surface area contributed by atoms with Crippen LogP contribution in [0, 0.1) is 5.92 Å². The maximum atomic E-state index is 12.6. The number of amides is 1. The summed E-state index contributed by atoms with van der Waals surface area (Å²) in [5, 5.41) is 6.42. The molecule has 0 bridgehead atoms. The first-order valence-corrected chi connectivity index (χ1v) is 10.4. The highest BCUT2D eigenvalue weighted by atomic mass is 35.5. The van der Waals surface area contributed by atoms with Crippen molar-refractivity contribution in [2.24, 2.45) is 5.92 Å². The summed E-state index contributed by atoms with van der Waals surface area (Å²) in [7, 11) is 0. The Bertz CT molecular complexity index is 958. The van der Waals surface area contributed by atoms with Crippen molar-refractivity contribution in [1.29, 1.82) is 0 Å². The SMILES string of the molecule is O=C(NCc1ccccc1Cl)C1CC[NH+](Cc2cccc3ccccc23)CC1. The number of nitrogens with one attached hydrogen (secondary N) is 2. The number of hydrogen-bond donors (Lipinski definition) is 2. The number of fused-ring (bicyclic) bond motifs is 1. The van der Waals surface area contributed by atoms with Gasteiger partial charge in [0, 0.05) is 35.9 Å². The Morgan fingerprint density at radius 1 is 0.929 bits per heavy atom. The first kappa shape index (κ1) is 19.0. The van der Waals surface area contributed by atoms with Crippen LogP contribution in [0.15, 0.2) is 66.7 Å². The minimum Gasteiger partial charge on any atom is -0.352 e. The zero-order chi connectivity index (χ0) is 19.3. The number of rotatable bonds is 5. The summed E-state index contributed by atoms with van der Waals surface area (Å²) in [5.41, 5.74) is 2.37. The second-order valence-corrected chi connectivity index (χ2v) is 8.06. The highest BCUT2D eigenvalue weighted by molar-refractivity contribution is 6.31. The Morgan fingerprint density at radius 2 is 1.61 bits per heavy atom. The molecule has 1 amide bonds. The van der Waals surface area contributed by atoms with E-state index in [1.54, 1.807) is 4.90 Å². The van der Waals surface area contributed by atoms with Gasteiger partial charge in [-0.3, -0.25) is 4.79 Å². The molecule has 1 heterocycles. The smallest absolute Gasteiger partial charge is 0.223 e. The molecule has 0 saturated carbocycles. The quantitative estimate of drug-likeness (QED) is 0.682. The molecule has 0 radical (unpaired) electrons. The van der Waals surface area contributed by atoms with Crippen LogP contribution < -0.4 is 10.2 Å². The molecule has 4 rings (SSSR count). The normalized spacial score (nSPS) is 19.5. The number of hydrogen-bond acceptors (Lipinski definition) is 1. The second-order valence-electron chi connectivity index (χ2n) is 7.65. The van der Waals surface area contributed by atoms with E-state index >= 15 is 0 Å². The van der Waals surface area contributed by atoms with Crippen LogP contribution >= 0.6 is 11.6 Å². The third-order valence-electron chi connectivity index (χ3n) is 5.79. The van der Waals surface area contributed by atoms with Gasteiger partial charge in [0.25, 0.3) is 0 Å². The van der Waals surface area contributed by atoms with Crippen molar-refractivity contribution in [2.75, 3.05) is 13.1 Å². The second kappa shape index (κ2) is 8.76. The lowest BCUT2D eigenvalue weighted by molar-refractivity contribution is -0.919. The molecule has 0 aromatic heterocycles. The molecule has 1 saturated heterocycles. The fourth-order valence-corrected chi connectivity index (χ4v) is 4.35. The molecule has 3 nitrogen and oxygen atoms in total. The minimum atomic E-state index is 0.110. The van der Waals surface area contributed by atoms with Gasteiger partial charge in [0.15, 0.2) is 0 Å². The first-order valence-electron chi connectivity index (χ1n) is 10.0. The maximum Gasteiger partial charge on any atom is 0.223 e. The molecule has 1 aliphatic heterocycles.